The first-order valence-corrected chi connectivity index (χ1v) is 5.74. The second-order valence-corrected chi connectivity index (χ2v) is 5.24. The first-order valence-electron chi connectivity index (χ1n) is 5.74. The molecule has 0 fully saturated rings. The topological polar surface area (TPSA) is 45.1 Å². The lowest BCUT2D eigenvalue weighted by Crippen LogP contribution is -2.35. The number of nitrogens with zero attached hydrogens (tertiary/aromatic N) is 1. The molecule has 0 saturated heterocycles. The van der Waals surface area contributed by atoms with Crippen LogP contribution in [0.2, 0.25) is 0 Å². The third kappa shape index (κ3) is 3.81. The van der Waals surface area contributed by atoms with Crippen LogP contribution in [0.3, 0.4) is 0 Å². The number of aliphatic hydroxyl groups excluding tert-OH is 1. The van der Waals surface area contributed by atoms with E-state index in [2.05, 4.69) is 31.1 Å². The summed E-state index contributed by atoms with van der Waals surface area (Å²) in [6, 6.07) is 6.15. The Morgan fingerprint density at radius 3 is 2.56 bits per heavy atom. The Bertz CT molecular complexity index is 331. The van der Waals surface area contributed by atoms with E-state index in [1.54, 1.807) is 0 Å². The molecule has 0 amide bonds. The van der Waals surface area contributed by atoms with Crippen LogP contribution in [0.5, 0.6) is 0 Å². The SMILES string of the molecule is Cc1cccc(NC(CCO)C(C)(C)C)n1. The maximum atomic E-state index is 9.07. The van der Waals surface area contributed by atoms with Gasteiger partial charge in [0.25, 0.3) is 0 Å². The lowest BCUT2D eigenvalue weighted by molar-refractivity contribution is 0.235. The van der Waals surface area contributed by atoms with Crippen molar-refractivity contribution in [3.8, 4) is 0 Å². The zero-order valence-electron chi connectivity index (χ0n) is 10.6. The van der Waals surface area contributed by atoms with E-state index in [1.807, 2.05) is 25.1 Å². The van der Waals surface area contributed by atoms with E-state index in [4.69, 9.17) is 5.11 Å². The van der Waals surface area contributed by atoms with Crippen LogP contribution in [-0.2, 0) is 0 Å². The summed E-state index contributed by atoms with van der Waals surface area (Å²) in [5.74, 6) is 0.883. The Labute approximate surface area is 97.9 Å². The first-order chi connectivity index (χ1) is 7.43. The fraction of sp³-hybridized carbons (Fsp3) is 0.615. The normalized spacial score (nSPS) is 13.6. The number of hydrogen-bond donors (Lipinski definition) is 2. The van der Waals surface area contributed by atoms with Gasteiger partial charge in [0.15, 0.2) is 0 Å². The molecule has 1 atom stereocenters. The second kappa shape index (κ2) is 5.30. The van der Waals surface area contributed by atoms with Crippen LogP contribution in [0.4, 0.5) is 5.82 Å². The minimum atomic E-state index is 0.105. The highest BCUT2D eigenvalue weighted by atomic mass is 16.3. The molecule has 1 aromatic heterocycles. The molecule has 3 heteroatoms. The minimum absolute atomic E-state index is 0.105. The van der Waals surface area contributed by atoms with Gasteiger partial charge in [-0.3, -0.25) is 0 Å². The summed E-state index contributed by atoms with van der Waals surface area (Å²) in [6.45, 7) is 8.66. The molecule has 0 aromatic carbocycles. The number of anilines is 1. The third-order valence-electron chi connectivity index (χ3n) is 2.67. The van der Waals surface area contributed by atoms with Crippen LogP contribution in [-0.4, -0.2) is 22.7 Å². The monoisotopic (exact) mass is 222 g/mol. The number of aryl methyl sites for hydroxylation is 1. The van der Waals surface area contributed by atoms with E-state index in [9.17, 15) is 0 Å². The fourth-order valence-corrected chi connectivity index (χ4v) is 1.65. The Kier molecular flexibility index (Phi) is 4.30. The average Bonchev–Trinajstić information content (AvgIpc) is 2.16. The van der Waals surface area contributed by atoms with Crippen LogP contribution in [0, 0.1) is 12.3 Å². The molecular formula is C13H22N2O. The molecular weight excluding hydrogens is 200 g/mol. The lowest BCUT2D eigenvalue weighted by Gasteiger charge is -2.31. The van der Waals surface area contributed by atoms with Gasteiger partial charge in [-0.25, -0.2) is 4.98 Å². The van der Waals surface area contributed by atoms with Gasteiger partial charge in [0.05, 0.1) is 0 Å². The molecule has 1 rings (SSSR count). The molecule has 0 radical (unpaired) electrons. The maximum Gasteiger partial charge on any atom is 0.126 e. The second-order valence-electron chi connectivity index (χ2n) is 5.24. The molecule has 0 saturated carbocycles. The number of nitrogens with one attached hydrogen (secondary N) is 1. The number of rotatable bonds is 4. The number of pyridine rings is 1. The van der Waals surface area contributed by atoms with Crippen LogP contribution in [0.15, 0.2) is 18.2 Å². The van der Waals surface area contributed by atoms with Crippen molar-refractivity contribution < 1.29 is 5.11 Å². The molecule has 16 heavy (non-hydrogen) atoms. The van der Waals surface area contributed by atoms with Gasteiger partial charge in [-0.15, -0.1) is 0 Å². The van der Waals surface area contributed by atoms with Gasteiger partial charge in [-0.1, -0.05) is 26.8 Å². The highest BCUT2D eigenvalue weighted by Gasteiger charge is 2.24. The smallest absolute Gasteiger partial charge is 0.126 e. The van der Waals surface area contributed by atoms with Gasteiger partial charge >= 0.3 is 0 Å². The van der Waals surface area contributed by atoms with Gasteiger partial charge in [-0.2, -0.15) is 0 Å². The lowest BCUT2D eigenvalue weighted by atomic mass is 9.85. The van der Waals surface area contributed by atoms with Gasteiger partial charge in [-0.05, 0) is 30.9 Å². The van der Waals surface area contributed by atoms with Crippen molar-refractivity contribution in [2.24, 2.45) is 5.41 Å². The molecule has 0 aliphatic heterocycles. The molecule has 90 valence electrons. The summed E-state index contributed by atoms with van der Waals surface area (Å²) in [6.07, 6.45) is 0.735. The standard InChI is InChI=1S/C13H22N2O/c1-10-6-5-7-12(14-10)15-11(8-9-16)13(2,3)4/h5-7,11,16H,8-9H2,1-4H3,(H,14,15). The summed E-state index contributed by atoms with van der Waals surface area (Å²) in [5, 5.41) is 12.5. The van der Waals surface area contributed by atoms with Gasteiger partial charge in [0.1, 0.15) is 5.82 Å². The predicted molar refractivity (Wildman–Crippen MR) is 67.5 cm³/mol. The summed E-state index contributed by atoms with van der Waals surface area (Å²) >= 11 is 0. The molecule has 0 aliphatic carbocycles. The van der Waals surface area contributed by atoms with Crippen LogP contribution >= 0.6 is 0 Å². The van der Waals surface area contributed by atoms with E-state index >= 15 is 0 Å². The minimum Gasteiger partial charge on any atom is -0.396 e. The predicted octanol–water partition coefficient (Wildman–Crippen LogP) is 2.60. The van der Waals surface area contributed by atoms with Gasteiger partial charge in [0, 0.05) is 18.3 Å². The van der Waals surface area contributed by atoms with E-state index in [1.165, 1.54) is 0 Å². The summed E-state index contributed by atoms with van der Waals surface area (Å²) in [4.78, 5) is 4.42. The zero-order valence-corrected chi connectivity index (χ0v) is 10.6. The van der Waals surface area contributed by atoms with Crippen molar-refractivity contribution >= 4 is 5.82 Å². The molecule has 1 aromatic rings. The first kappa shape index (κ1) is 13.0. The van der Waals surface area contributed by atoms with Crippen molar-refractivity contribution in [1.29, 1.82) is 0 Å². The Hall–Kier alpha value is -1.09. The molecule has 1 heterocycles. The summed E-state index contributed by atoms with van der Waals surface area (Å²) < 4.78 is 0. The molecule has 0 bridgehead atoms. The third-order valence-corrected chi connectivity index (χ3v) is 2.67. The molecule has 3 nitrogen and oxygen atoms in total. The van der Waals surface area contributed by atoms with Crippen molar-refractivity contribution in [3.63, 3.8) is 0 Å². The molecule has 0 aliphatic rings. The van der Waals surface area contributed by atoms with Crippen LogP contribution < -0.4 is 5.32 Å². The van der Waals surface area contributed by atoms with E-state index in [0.717, 1.165) is 17.9 Å². The van der Waals surface area contributed by atoms with Crippen molar-refractivity contribution in [2.45, 2.75) is 40.2 Å². The molecule has 2 N–H and O–H groups in total. The van der Waals surface area contributed by atoms with Crippen LogP contribution in [0.25, 0.3) is 0 Å². The highest BCUT2D eigenvalue weighted by Crippen LogP contribution is 2.24. The number of hydrogen-bond acceptors (Lipinski definition) is 3. The van der Waals surface area contributed by atoms with Crippen molar-refractivity contribution in [1.82, 2.24) is 4.98 Å². The fourth-order valence-electron chi connectivity index (χ4n) is 1.65. The van der Waals surface area contributed by atoms with Gasteiger partial charge < -0.3 is 10.4 Å². The Balaban J connectivity index is 2.76. The Morgan fingerprint density at radius 1 is 1.38 bits per heavy atom. The summed E-state index contributed by atoms with van der Waals surface area (Å²) in [5.41, 5.74) is 1.11. The van der Waals surface area contributed by atoms with E-state index in [-0.39, 0.29) is 18.1 Å². The van der Waals surface area contributed by atoms with Crippen molar-refractivity contribution in [2.75, 3.05) is 11.9 Å². The van der Waals surface area contributed by atoms with Crippen LogP contribution in [0.1, 0.15) is 32.9 Å². The van der Waals surface area contributed by atoms with E-state index in [0.29, 0.717) is 0 Å². The average molecular weight is 222 g/mol. The number of aliphatic hydroxyl groups is 1. The van der Waals surface area contributed by atoms with Gasteiger partial charge in [0.2, 0.25) is 0 Å². The van der Waals surface area contributed by atoms with E-state index < -0.39 is 0 Å². The highest BCUT2D eigenvalue weighted by molar-refractivity contribution is 5.36. The molecule has 0 spiro atoms. The zero-order chi connectivity index (χ0) is 12.2. The van der Waals surface area contributed by atoms with Crippen molar-refractivity contribution in [3.05, 3.63) is 23.9 Å². The largest absolute Gasteiger partial charge is 0.396 e. The maximum absolute atomic E-state index is 9.07. The summed E-state index contributed by atoms with van der Waals surface area (Å²) in [7, 11) is 0. The number of aromatic nitrogens is 1. The quantitative estimate of drug-likeness (QED) is 0.823. The Morgan fingerprint density at radius 2 is 2.06 bits per heavy atom. The molecule has 1 unspecified atom stereocenters.